The summed E-state index contributed by atoms with van der Waals surface area (Å²) in [7, 11) is 1.67. The highest BCUT2D eigenvalue weighted by atomic mass is 16.2. The number of hydrogen-bond acceptors (Lipinski definition) is 5. The summed E-state index contributed by atoms with van der Waals surface area (Å²) in [6, 6.07) is 24.0. The van der Waals surface area contributed by atoms with E-state index in [4.69, 9.17) is 5.73 Å². The van der Waals surface area contributed by atoms with E-state index in [1.54, 1.807) is 30.1 Å². The number of benzene rings is 3. The molecule has 3 heterocycles. The molecule has 1 saturated heterocycles. The first-order valence-corrected chi connectivity index (χ1v) is 15.0. The summed E-state index contributed by atoms with van der Waals surface area (Å²) in [5.74, 6) is -0.704. The number of carbonyl (C=O) groups is 3. The number of hydrogen-bond donors (Lipinski definition) is 3. The first kappa shape index (κ1) is 29.3. The van der Waals surface area contributed by atoms with Gasteiger partial charge in [0.15, 0.2) is 0 Å². The van der Waals surface area contributed by atoms with Crippen molar-refractivity contribution in [2.45, 2.75) is 44.7 Å². The Morgan fingerprint density at radius 3 is 2.59 bits per heavy atom. The Morgan fingerprint density at radius 1 is 1.07 bits per heavy atom. The molecule has 4 N–H and O–H groups in total. The standard InChI is InChI=1S/C35H38N6O3/c1-34(2,36)26-13-9-12-24(18-26)31(42)38-29(19-25-21-37-28-15-8-7-14-27(25)28)32(43)41-17-16-30-35(22-41,33(44)40(3)39-30)20-23-10-5-4-6-11-23/h4-15,18,21,29,37H,16-17,19-20,22,36H2,1-3H3,(H,38,42). The average molecular weight is 591 g/mol. The Kier molecular flexibility index (Phi) is 7.59. The van der Waals surface area contributed by atoms with E-state index in [9.17, 15) is 14.4 Å². The number of aromatic nitrogens is 1. The van der Waals surface area contributed by atoms with Crippen LogP contribution in [0.5, 0.6) is 0 Å². The van der Waals surface area contributed by atoms with Crippen molar-refractivity contribution >= 4 is 34.3 Å². The maximum Gasteiger partial charge on any atom is 0.256 e. The van der Waals surface area contributed by atoms with Crippen molar-refractivity contribution in [3.63, 3.8) is 0 Å². The van der Waals surface area contributed by atoms with E-state index in [2.05, 4.69) is 15.4 Å². The Hall–Kier alpha value is -4.76. The van der Waals surface area contributed by atoms with Gasteiger partial charge in [0, 0.05) is 61.2 Å². The van der Waals surface area contributed by atoms with Crippen molar-refractivity contribution in [3.05, 3.63) is 107 Å². The fraction of sp³-hybridized carbons (Fsp3) is 0.314. The summed E-state index contributed by atoms with van der Waals surface area (Å²) in [4.78, 5) is 46.8. The summed E-state index contributed by atoms with van der Waals surface area (Å²) >= 11 is 0. The minimum atomic E-state index is -0.944. The molecule has 4 aromatic rings. The van der Waals surface area contributed by atoms with Gasteiger partial charge in [-0.15, -0.1) is 0 Å². The van der Waals surface area contributed by atoms with Crippen LogP contribution >= 0.6 is 0 Å². The molecule has 2 unspecified atom stereocenters. The number of nitrogens with two attached hydrogens (primary N) is 1. The van der Waals surface area contributed by atoms with Gasteiger partial charge in [0.1, 0.15) is 11.5 Å². The lowest BCUT2D eigenvalue weighted by atomic mass is 9.73. The molecular formula is C35H38N6O3. The van der Waals surface area contributed by atoms with Crippen molar-refractivity contribution < 1.29 is 14.4 Å². The quantitative estimate of drug-likeness (QED) is 0.287. The Morgan fingerprint density at radius 2 is 1.82 bits per heavy atom. The molecule has 2 aliphatic heterocycles. The molecule has 0 saturated carbocycles. The van der Waals surface area contributed by atoms with Crippen LogP contribution in [0.2, 0.25) is 0 Å². The first-order chi connectivity index (χ1) is 21.0. The van der Waals surface area contributed by atoms with Crippen LogP contribution in [0.15, 0.2) is 90.2 Å². The van der Waals surface area contributed by atoms with Gasteiger partial charge in [-0.05, 0) is 55.2 Å². The van der Waals surface area contributed by atoms with Crippen molar-refractivity contribution in [2.75, 3.05) is 20.1 Å². The predicted molar refractivity (Wildman–Crippen MR) is 171 cm³/mol. The summed E-state index contributed by atoms with van der Waals surface area (Å²) in [5, 5.41) is 10.0. The molecule has 2 aliphatic rings. The van der Waals surface area contributed by atoms with Gasteiger partial charge in [-0.2, -0.15) is 5.10 Å². The highest BCUT2D eigenvalue weighted by molar-refractivity contribution is 6.13. The van der Waals surface area contributed by atoms with Crippen LogP contribution in [-0.4, -0.2) is 64.5 Å². The highest BCUT2D eigenvalue weighted by Gasteiger charge is 2.53. The number of para-hydroxylation sites is 1. The Labute approximate surface area is 257 Å². The monoisotopic (exact) mass is 590 g/mol. The molecule has 3 amide bonds. The van der Waals surface area contributed by atoms with Gasteiger partial charge < -0.3 is 20.9 Å². The number of hydrazone groups is 1. The molecule has 2 atom stereocenters. The van der Waals surface area contributed by atoms with E-state index in [0.717, 1.165) is 33.3 Å². The lowest BCUT2D eigenvalue weighted by Crippen LogP contribution is -2.59. The van der Waals surface area contributed by atoms with Crippen LogP contribution in [0, 0.1) is 5.41 Å². The molecule has 9 nitrogen and oxygen atoms in total. The van der Waals surface area contributed by atoms with Gasteiger partial charge in [-0.3, -0.25) is 14.4 Å². The third-order valence-electron chi connectivity index (χ3n) is 8.84. The molecule has 6 rings (SSSR count). The Bertz CT molecular complexity index is 1750. The minimum Gasteiger partial charge on any atom is -0.361 e. The van der Waals surface area contributed by atoms with Crippen molar-refractivity contribution in [1.82, 2.24) is 20.2 Å². The number of aromatic amines is 1. The molecule has 0 radical (unpaired) electrons. The normalized spacial score (nSPS) is 19.1. The summed E-state index contributed by atoms with van der Waals surface area (Å²) in [5.41, 5.74) is 9.67. The number of rotatable bonds is 8. The maximum absolute atomic E-state index is 14.4. The summed E-state index contributed by atoms with van der Waals surface area (Å²) in [6.07, 6.45) is 3.10. The van der Waals surface area contributed by atoms with Crippen LogP contribution < -0.4 is 11.1 Å². The van der Waals surface area contributed by atoms with Crippen LogP contribution in [0.1, 0.15) is 47.3 Å². The minimum absolute atomic E-state index is 0.118. The van der Waals surface area contributed by atoms with E-state index in [1.165, 1.54) is 5.01 Å². The van der Waals surface area contributed by atoms with Gasteiger partial charge in [0.25, 0.3) is 11.8 Å². The molecule has 9 heteroatoms. The fourth-order valence-electron chi connectivity index (χ4n) is 6.46. The number of nitrogens with one attached hydrogen (secondary N) is 2. The molecule has 0 aliphatic carbocycles. The second-order valence-electron chi connectivity index (χ2n) is 12.5. The highest BCUT2D eigenvalue weighted by Crippen LogP contribution is 2.38. The van der Waals surface area contributed by atoms with E-state index in [1.807, 2.05) is 80.7 Å². The molecular weight excluding hydrogens is 552 g/mol. The number of likely N-dealkylation sites (tertiary alicyclic amines) is 1. The molecule has 226 valence electrons. The zero-order valence-corrected chi connectivity index (χ0v) is 25.3. The number of H-pyrrole nitrogens is 1. The van der Waals surface area contributed by atoms with Crippen LogP contribution in [0.25, 0.3) is 10.9 Å². The fourth-order valence-corrected chi connectivity index (χ4v) is 6.46. The number of piperidine rings is 1. The number of carbonyl (C=O) groups excluding carboxylic acids is 3. The van der Waals surface area contributed by atoms with Gasteiger partial charge in [-0.25, -0.2) is 5.01 Å². The lowest BCUT2D eigenvalue weighted by Gasteiger charge is -2.40. The largest absolute Gasteiger partial charge is 0.361 e. The molecule has 0 spiro atoms. The molecule has 44 heavy (non-hydrogen) atoms. The summed E-state index contributed by atoms with van der Waals surface area (Å²) in [6.45, 7) is 4.37. The molecule has 1 fully saturated rings. The van der Waals surface area contributed by atoms with Crippen LogP contribution in [0.3, 0.4) is 0 Å². The molecule has 0 bridgehead atoms. The third kappa shape index (κ3) is 5.51. The predicted octanol–water partition coefficient (Wildman–Crippen LogP) is 3.99. The van der Waals surface area contributed by atoms with Crippen molar-refractivity contribution in [3.8, 4) is 0 Å². The van der Waals surface area contributed by atoms with E-state index in [0.29, 0.717) is 24.9 Å². The Balaban J connectivity index is 1.32. The average Bonchev–Trinajstić information content (AvgIpc) is 3.53. The number of amides is 3. The first-order valence-electron chi connectivity index (χ1n) is 15.0. The van der Waals surface area contributed by atoms with Gasteiger partial charge >= 0.3 is 0 Å². The van der Waals surface area contributed by atoms with Crippen molar-refractivity contribution in [2.24, 2.45) is 16.3 Å². The maximum atomic E-state index is 14.4. The summed E-state index contributed by atoms with van der Waals surface area (Å²) < 4.78 is 0. The SMILES string of the molecule is CN1N=C2CCN(C(=O)C(Cc3c[nH]c4ccccc34)NC(=O)c3cccc(C(C)(C)N)c3)CC2(Cc2ccccc2)C1=O. The number of fused-ring (bicyclic) bond motifs is 2. The van der Waals surface area contributed by atoms with Crippen LogP contribution in [-0.2, 0) is 28.0 Å². The van der Waals surface area contributed by atoms with Crippen molar-refractivity contribution in [1.29, 1.82) is 0 Å². The van der Waals surface area contributed by atoms with Gasteiger partial charge in [0.2, 0.25) is 5.91 Å². The number of nitrogens with zero attached hydrogens (tertiary/aromatic N) is 3. The second-order valence-corrected chi connectivity index (χ2v) is 12.5. The lowest BCUT2D eigenvalue weighted by molar-refractivity contribution is -0.140. The molecule has 3 aromatic carbocycles. The van der Waals surface area contributed by atoms with Gasteiger partial charge in [-0.1, -0.05) is 60.7 Å². The second kappa shape index (κ2) is 11.4. The van der Waals surface area contributed by atoms with E-state index in [-0.39, 0.29) is 30.7 Å². The molecule has 1 aromatic heterocycles. The van der Waals surface area contributed by atoms with Crippen LogP contribution in [0.4, 0.5) is 0 Å². The third-order valence-corrected chi connectivity index (χ3v) is 8.84. The van der Waals surface area contributed by atoms with Gasteiger partial charge in [0.05, 0.1) is 5.71 Å². The topological polar surface area (TPSA) is 124 Å². The van der Waals surface area contributed by atoms with E-state index < -0.39 is 17.0 Å². The smallest absolute Gasteiger partial charge is 0.256 e. The zero-order chi connectivity index (χ0) is 31.1. The van der Waals surface area contributed by atoms with E-state index >= 15 is 0 Å². The zero-order valence-electron chi connectivity index (χ0n) is 25.3.